The Bertz CT molecular complexity index is 597. The molecule has 1 aliphatic rings. The molecule has 4 heteroatoms. The molecular formula is C14H14O3S. The summed E-state index contributed by atoms with van der Waals surface area (Å²) >= 11 is 0. The molecule has 2 unspecified atom stereocenters. The van der Waals surface area contributed by atoms with Gasteiger partial charge in [-0.2, -0.15) is 8.42 Å². The van der Waals surface area contributed by atoms with Crippen LogP contribution < -0.4 is 0 Å². The summed E-state index contributed by atoms with van der Waals surface area (Å²) in [6.45, 7) is 3.84. The predicted octanol–water partition coefficient (Wildman–Crippen LogP) is 2.91. The normalized spacial score (nSPS) is 20.9. The van der Waals surface area contributed by atoms with E-state index in [4.69, 9.17) is 0 Å². The van der Waals surface area contributed by atoms with Gasteiger partial charge in [-0.25, -0.2) is 0 Å². The van der Waals surface area contributed by atoms with Crippen LogP contribution in [0.5, 0.6) is 0 Å². The van der Waals surface area contributed by atoms with E-state index in [1.807, 2.05) is 0 Å². The Hall–Kier alpha value is -1.65. The first kappa shape index (κ1) is 12.8. The van der Waals surface area contributed by atoms with E-state index in [2.05, 4.69) is 6.58 Å². The van der Waals surface area contributed by atoms with Crippen molar-refractivity contribution >= 4 is 10.1 Å². The number of benzene rings is 1. The fraction of sp³-hybridized carbons (Fsp3) is 0.143. The molecule has 0 saturated heterocycles. The first-order chi connectivity index (χ1) is 8.50. The van der Waals surface area contributed by atoms with E-state index in [1.165, 1.54) is 0 Å². The topological polar surface area (TPSA) is 54.4 Å². The molecule has 3 nitrogen and oxygen atoms in total. The molecule has 0 saturated carbocycles. The first-order valence-electron chi connectivity index (χ1n) is 5.55. The molecule has 0 amide bonds. The van der Waals surface area contributed by atoms with E-state index in [-0.39, 0.29) is 0 Å². The van der Waals surface area contributed by atoms with Crippen LogP contribution in [-0.4, -0.2) is 13.0 Å². The lowest BCUT2D eigenvalue weighted by molar-refractivity contribution is 0.458. The highest BCUT2D eigenvalue weighted by Gasteiger charge is 2.33. The molecule has 0 heterocycles. The zero-order chi connectivity index (χ0) is 13.2. The van der Waals surface area contributed by atoms with Crippen molar-refractivity contribution in [3.63, 3.8) is 0 Å². The Labute approximate surface area is 107 Å². The molecule has 1 aromatic carbocycles. The van der Waals surface area contributed by atoms with Gasteiger partial charge in [0.1, 0.15) is 5.25 Å². The van der Waals surface area contributed by atoms with Crippen LogP contribution >= 0.6 is 0 Å². The Kier molecular flexibility index (Phi) is 3.50. The highest BCUT2D eigenvalue weighted by Crippen LogP contribution is 2.36. The number of allylic oxidation sites excluding steroid dienone is 5. The van der Waals surface area contributed by atoms with E-state index < -0.39 is 21.3 Å². The van der Waals surface area contributed by atoms with Gasteiger partial charge in [-0.05, 0) is 11.1 Å². The second-order valence-corrected chi connectivity index (χ2v) is 5.73. The van der Waals surface area contributed by atoms with E-state index in [9.17, 15) is 13.0 Å². The molecule has 2 atom stereocenters. The maximum Gasteiger partial charge on any atom is 0.272 e. The van der Waals surface area contributed by atoms with Gasteiger partial charge in [0.05, 0.1) is 0 Å². The van der Waals surface area contributed by atoms with E-state index >= 15 is 0 Å². The van der Waals surface area contributed by atoms with Gasteiger partial charge in [0.15, 0.2) is 0 Å². The van der Waals surface area contributed by atoms with Crippen molar-refractivity contribution in [2.75, 3.05) is 0 Å². The third-order valence-electron chi connectivity index (χ3n) is 2.94. The van der Waals surface area contributed by atoms with Crippen molar-refractivity contribution in [3.05, 3.63) is 72.4 Å². The summed E-state index contributed by atoms with van der Waals surface area (Å²) in [7, 11) is -4.20. The van der Waals surface area contributed by atoms with E-state index in [1.54, 1.807) is 54.6 Å². The van der Waals surface area contributed by atoms with Crippen molar-refractivity contribution in [2.24, 2.45) is 5.92 Å². The fourth-order valence-corrected chi connectivity index (χ4v) is 3.24. The van der Waals surface area contributed by atoms with Gasteiger partial charge in [-0.15, -0.1) is 0 Å². The minimum Gasteiger partial charge on any atom is -0.285 e. The van der Waals surface area contributed by atoms with E-state index in [0.29, 0.717) is 11.1 Å². The molecule has 1 N–H and O–H groups in total. The summed E-state index contributed by atoms with van der Waals surface area (Å²) in [5, 5.41) is -1.01. The molecule has 2 rings (SSSR count). The summed E-state index contributed by atoms with van der Waals surface area (Å²) in [6, 6.07) is 8.68. The second-order valence-electron chi connectivity index (χ2n) is 4.19. The Morgan fingerprint density at radius 1 is 1.17 bits per heavy atom. The van der Waals surface area contributed by atoms with Crippen molar-refractivity contribution in [1.29, 1.82) is 0 Å². The zero-order valence-corrected chi connectivity index (χ0v) is 10.5. The largest absolute Gasteiger partial charge is 0.285 e. The van der Waals surface area contributed by atoms with Gasteiger partial charge in [0.25, 0.3) is 10.1 Å². The monoisotopic (exact) mass is 262 g/mol. The molecule has 0 fully saturated rings. The summed E-state index contributed by atoms with van der Waals surface area (Å²) in [5.41, 5.74) is 1.23. The Morgan fingerprint density at radius 2 is 1.83 bits per heavy atom. The van der Waals surface area contributed by atoms with Gasteiger partial charge in [-0.1, -0.05) is 61.2 Å². The maximum absolute atomic E-state index is 11.6. The molecule has 18 heavy (non-hydrogen) atoms. The molecule has 94 valence electrons. The summed E-state index contributed by atoms with van der Waals surface area (Å²) < 4.78 is 32.7. The van der Waals surface area contributed by atoms with Crippen molar-refractivity contribution < 1.29 is 13.0 Å². The van der Waals surface area contributed by atoms with Gasteiger partial charge >= 0.3 is 0 Å². The van der Waals surface area contributed by atoms with Crippen molar-refractivity contribution in [1.82, 2.24) is 0 Å². The van der Waals surface area contributed by atoms with Gasteiger partial charge in [-0.3, -0.25) is 4.55 Å². The second kappa shape index (κ2) is 4.92. The van der Waals surface area contributed by atoms with Crippen LogP contribution in [0.15, 0.2) is 66.8 Å². The fourth-order valence-electron chi connectivity index (χ4n) is 2.10. The van der Waals surface area contributed by atoms with Crippen LogP contribution in [0.1, 0.15) is 10.8 Å². The first-order valence-corrected chi connectivity index (χ1v) is 7.05. The number of rotatable bonds is 3. The van der Waals surface area contributed by atoms with Crippen LogP contribution in [0.25, 0.3) is 0 Å². The molecule has 1 aliphatic carbocycles. The number of hydrogen-bond donors (Lipinski definition) is 1. The lowest BCUT2D eigenvalue weighted by Gasteiger charge is -2.24. The molecule has 0 radical (unpaired) electrons. The van der Waals surface area contributed by atoms with Gasteiger partial charge in [0.2, 0.25) is 0 Å². The maximum atomic E-state index is 11.6. The zero-order valence-electron chi connectivity index (χ0n) is 9.73. The Balaban J connectivity index is 2.48. The van der Waals surface area contributed by atoms with Crippen LogP contribution in [0.2, 0.25) is 0 Å². The van der Waals surface area contributed by atoms with Crippen LogP contribution in [0.4, 0.5) is 0 Å². The highest BCUT2D eigenvalue weighted by molar-refractivity contribution is 7.86. The third-order valence-corrected chi connectivity index (χ3v) is 4.15. The van der Waals surface area contributed by atoms with Crippen LogP contribution in [0.3, 0.4) is 0 Å². The quantitative estimate of drug-likeness (QED) is 0.852. The van der Waals surface area contributed by atoms with Crippen LogP contribution in [-0.2, 0) is 10.1 Å². The number of hydrogen-bond acceptors (Lipinski definition) is 2. The minimum atomic E-state index is -4.20. The third kappa shape index (κ3) is 2.60. The summed E-state index contributed by atoms with van der Waals surface area (Å²) in [6.07, 6.45) is 7.06. The SMILES string of the molecule is C=C1C=CC=CC1C(c1ccccc1)S(=O)(=O)O. The molecular weight excluding hydrogens is 248 g/mol. The van der Waals surface area contributed by atoms with E-state index in [0.717, 1.165) is 0 Å². The Morgan fingerprint density at radius 3 is 2.39 bits per heavy atom. The lowest BCUT2D eigenvalue weighted by Crippen LogP contribution is -2.22. The standard InChI is InChI=1S/C14H14O3S/c1-11-7-5-6-10-13(11)14(18(15,16)17)12-8-3-2-4-9-12/h2-10,13-14H,1H2,(H,15,16,17). The van der Waals surface area contributed by atoms with Crippen molar-refractivity contribution in [2.45, 2.75) is 5.25 Å². The predicted molar refractivity (Wildman–Crippen MR) is 71.6 cm³/mol. The summed E-state index contributed by atoms with van der Waals surface area (Å²) in [4.78, 5) is 0. The average molecular weight is 262 g/mol. The summed E-state index contributed by atoms with van der Waals surface area (Å²) in [5.74, 6) is -0.438. The molecule has 0 bridgehead atoms. The molecule has 0 aliphatic heterocycles. The van der Waals surface area contributed by atoms with Crippen LogP contribution in [0, 0.1) is 5.92 Å². The van der Waals surface area contributed by atoms with Gasteiger partial charge in [0, 0.05) is 5.92 Å². The lowest BCUT2D eigenvalue weighted by atomic mass is 9.89. The average Bonchev–Trinajstić information content (AvgIpc) is 2.32. The smallest absolute Gasteiger partial charge is 0.272 e. The minimum absolute atomic E-state index is 0.438. The molecule has 1 aromatic rings. The molecule has 0 aromatic heterocycles. The molecule has 0 spiro atoms. The van der Waals surface area contributed by atoms with Crippen molar-refractivity contribution in [3.8, 4) is 0 Å². The van der Waals surface area contributed by atoms with Gasteiger partial charge < -0.3 is 0 Å². The highest BCUT2D eigenvalue weighted by atomic mass is 32.2.